The van der Waals surface area contributed by atoms with Crippen molar-refractivity contribution in [1.29, 1.82) is 0 Å². The molecule has 12 aromatic carbocycles. The third-order valence-electron chi connectivity index (χ3n) is 14.6. The Kier molecular flexibility index (Phi) is 9.10. The first-order valence-corrected chi connectivity index (χ1v) is 25.2. The average molecular weight is 933 g/mol. The summed E-state index contributed by atoms with van der Waals surface area (Å²) >= 11 is 1.79. The molecule has 0 aliphatic heterocycles. The number of thiophene rings is 1. The lowest BCUT2D eigenvalue weighted by Gasteiger charge is -2.20. The second-order valence-electron chi connectivity index (χ2n) is 18.7. The fourth-order valence-corrected chi connectivity index (χ4v) is 12.4. The van der Waals surface area contributed by atoms with Crippen LogP contribution in [0.4, 0.5) is 0 Å². The van der Waals surface area contributed by atoms with Gasteiger partial charge in [0.2, 0.25) is 0 Å². The first kappa shape index (κ1) is 40.6. The van der Waals surface area contributed by atoms with Crippen LogP contribution >= 0.6 is 11.3 Å². The average Bonchev–Trinajstić information content (AvgIpc) is 3.99. The van der Waals surface area contributed by atoms with Gasteiger partial charge in [-0.15, -0.1) is 11.3 Å². The Morgan fingerprint density at radius 2 is 0.861 bits per heavy atom. The van der Waals surface area contributed by atoms with Crippen molar-refractivity contribution in [1.82, 2.24) is 19.5 Å². The van der Waals surface area contributed by atoms with Gasteiger partial charge in [-0.3, -0.25) is 0 Å². The van der Waals surface area contributed by atoms with Gasteiger partial charge >= 0.3 is 0 Å². The lowest BCUT2D eigenvalue weighted by atomic mass is 9.92. The first-order chi connectivity index (χ1) is 35.7. The maximum Gasteiger partial charge on any atom is 0.165 e. The Hall–Kier alpha value is -9.29. The minimum atomic E-state index is 0.616. The number of hydrogen-bond acceptors (Lipinski definition) is 4. The van der Waals surface area contributed by atoms with Crippen molar-refractivity contribution in [2.75, 3.05) is 0 Å². The van der Waals surface area contributed by atoms with Gasteiger partial charge < -0.3 is 4.57 Å². The van der Waals surface area contributed by atoms with Crippen molar-refractivity contribution in [2.45, 2.75) is 0 Å². The highest BCUT2D eigenvalue weighted by atomic mass is 32.1. The second-order valence-corrected chi connectivity index (χ2v) is 19.7. The first-order valence-electron chi connectivity index (χ1n) is 24.4. The van der Waals surface area contributed by atoms with Crippen LogP contribution in [-0.4, -0.2) is 19.5 Å². The summed E-state index contributed by atoms with van der Waals surface area (Å²) in [5.74, 6) is 1.88. The minimum absolute atomic E-state index is 0.616. The van der Waals surface area contributed by atoms with E-state index < -0.39 is 0 Å². The summed E-state index contributed by atoms with van der Waals surface area (Å²) in [6, 6.07) is 87.8. The van der Waals surface area contributed by atoms with E-state index in [4.69, 9.17) is 15.0 Å². The molecular weight excluding hydrogens is 893 g/mol. The van der Waals surface area contributed by atoms with Gasteiger partial charge in [0.1, 0.15) is 0 Å². The molecule has 0 N–H and O–H groups in total. The maximum atomic E-state index is 5.56. The molecule has 0 amide bonds. The lowest BCUT2D eigenvalue weighted by molar-refractivity contribution is 1.08. The van der Waals surface area contributed by atoms with Crippen molar-refractivity contribution >= 4 is 96.4 Å². The largest absolute Gasteiger partial charge is 0.308 e. The minimum Gasteiger partial charge on any atom is -0.308 e. The van der Waals surface area contributed by atoms with Crippen molar-refractivity contribution in [3.63, 3.8) is 0 Å². The highest BCUT2D eigenvalue weighted by Gasteiger charge is 2.25. The molecule has 3 heterocycles. The van der Waals surface area contributed by atoms with Crippen LogP contribution in [0.15, 0.2) is 243 Å². The van der Waals surface area contributed by atoms with E-state index in [1.807, 2.05) is 0 Å². The number of benzene rings is 12. The van der Waals surface area contributed by atoms with Gasteiger partial charge in [0, 0.05) is 58.6 Å². The number of hydrogen-bond donors (Lipinski definition) is 0. The molecule has 0 radical (unpaired) electrons. The van der Waals surface area contributed by atoms with E-state index in [0.717, 1.165) is 71.0 Å². The van der Waals surface area contributed by atoms with Crippen molar-refractivity contribution in [3.8, 4) is 62.1 Å². The molecule has 15 aromatic rings. The molecule has 0 fully saturated rings. The van der Waals surface area contributed by atoms with Crippen LogP contribution in [0.3, 0.4) is 0 Å². The van der Waals surface area contributed by atoms with Crippen LogP contribution in [0.2, 0.25) is 0 Å². The van der Waals surface area contributed by atoms with E-state index in [-0.39, 0.29) is 0 Å². The summed E-state index contributed by atoms with van der Waals surface area (Å²) in [6.45, 7) is 0. The quantitative estimate of drug-likeness (QED) is 0.167. The molecule has 0 bridgehead atoms. The Bertz CT molecular complexity index is 4680. The van der Waals surface area contributed by atoms with Crippen molar-refractivity contribution in [3.05, 3.63) is 243 Å². The molecule has 0 saturated carbocycles. The summed E-state index contributed by atoms with van der Waals surface area (Å²) in [5.41, 5.74) is 10.8. The second kappa shape index (κ2) is 16.1. The summed E-state index contributed by atoms with van der Waals surface area (Å²) in [4.78, 5) is 16.4. The Balaban J connectivity index is 1.06. The molecule has 3 aromatic heterocycles. The summed E-state index contributed by atoms with van der Waals surface area (Å²) < 4.78 is 4.92. The molecule has 15 rings (SSSR count). The molecule has 0 unspecified atom stereocenters. The van der Waals surface area contributed by atoms with Crippen LogP contribution in [0.1, 0.15) is 0 Å². The molecule has 5 heteroatoms. The molecule has 0 aliphatic carbocycles. The molecule has 0 saturated heterocycles. The normalized spacial score (nSPS) is 11.9. The van der Waals surface area contributed by atoms with Gasteiger partial charge in [0.15, 0.2) is 17.5 Å². The lowest BCUT2D eigenvalue weighted by Crippen LogP contribution is -2.03. The third-order valence-corrected chi connectivity index (χ3v) is 15.8. The predicted molar refractivity (Wildman–Crippen MR) is 304 cm³/mol. The highest BCUT2D eigenvalue weighted by Crippen LogP contribution is 2.47. The molecule has 0 aliphatic rings. The van der Waals surface area contributed by atoms with E-state index >= 15 is 0 Å². The summed E-state index contributed by atoms with van der Waals surface area (Å²) in [6.07, 6.45) is 0. The van der Waals surface area contributed by atoms with E-state index in [1.54, 1.807) is 11.3 Å². The topological polar surface area (TPSA) is 43.6 Å². The molecule has 4 nitrogen and oxygen atoms in total. The zero-order valence-corrected chi connectivity index (χ0v) is 39.6. The van der Waals surface area contributed by atoms with Crippen molar-refractivity contribution < 1.29 is 0 Å². The van der Waals surface area contributed by atoms with Gasteiger partial charge in [0.05, 0.1) is 16.7 Å². The van der Waals surface area contributed by atoms with Gasteiger partial charge in [-0.1, -0.05) is 200 Å². The Morgan fingerprint density at radius 1 is 0.292 bits per heavy atom. The van der Waals surface area contributed by atoms with Crippen LogP contribution in [0.25, 0.3) is 147 Å². The third kappa shape index (κ3) is 6.41. The van der Waals surface area contributed by atoms with Crippen molar-refractivity contribution in [2.24, 2.45) is 0 Å². The van der Waals surface area contributed by atoms with Crippen LogP contribution in [-0.2, 0) is 0 Å². The number of rotatable bonds is 6. The van der Waals surface area contributed by atoms with Gasteiger partial charge in [-0.25, -0.2) is 15.0 Å². The fourth-order valence-electron chi connectivity index (χ4n) is 11.2. The van der Waals surface area contributed by atoms with Gasteiger partial charge in [-0.05, 0) is 96.9 Å². The fraction of sp³-hybridized carbons (Fsp3) is 0. The summed E-state index contributed by atoms with van der Waals surface area (Å²) in [5, 5.41) is 14.2. The standard InChI is InChI=1S/C67H40N4S/c1-2-15-41(16-3-1)43-29-32-45(33-30-43)56-40-57(51-23-10-11-25-53(51)63(56)71-59-36-35-44-18-8-9-22-50(44)62(59)58-38-47-20-6-7-21-48(47)39-60(58)71)67-69-65(49-34-31-42-17-4-5-19-46(42)37-49)68-66(70-67)55-27-14-26-54-52-24-12-13-28-61(52)72-64(54)55/h1-40H. The smallest absolute Gasteiger partial charge is 0.165 e. The molecule has 72 heavy (non-hydrogen) atoms. The Morgan fingerprint density at radius 3 is 1.67 bits per heavy atom. The number of nitrogens with zero attached hydrogens (tertiary/aromatic N) is 4. The molecule has 0 spiro atoms. The molecule has 0 atom stereocenters. The number of fused-ring (bicyclic) bond motifs is 11. The van der Waals surface area contributed by atoms with E-state index in [2.05, 4.69) is 247 Å². The van der Waals surface area contributed by atoms with E-state index in [1.165, 1.54) is 58.7 Å². The number of aromatic nitrogens is 4. The van der Waals surface area contributed by atoms with Crippen LogP contribution in [0, 0.1) is 0 Å². The highest BCUT2D eigenvalue weighted by molar-refractivity contribution is 7.26. The monoisotopic (exact) mass is 932 g/mol. The zero-order valence-electron chi connectivity index (χ0n) is 38.8. The van der Waals surface area contributed by atoms with Crippen LogP contribution in [0.5, 0.6) is 0 Å². The zero-order chi connectivity index (χ0) is 47.3. The van der Waals surface area contributed by atoms with Gasteiger partial charge in [0.25, 0.3) is 0 Å². The maximum absolute atomic E-state index is 5.56. The Labute approximate surface area is 418 Å². The summed E-state index contributed by atoms with van der Waals surface area (Å²) in [7, 11) is 0. The van der Waals surface area contributed by atoms with E-state index in [0.29, 0.717) is 17.5 Å². The molecular formula is C67H40N4S. The molecule has 334 valence electrons. The SMILES string of the molecule is c1ccc(-c2ccc(-c3cc(-c4nc(-c5ccc6ccccc6c5)nc(-c5cccc6c5sc5ccccc56)n4)c4ccccc4c3-n3c4cc5ccccc5cc4c4c5ccccc5ccc43)cc2)cc1. The van der Waals surface area contributed by atoms with Crippen LogP contribution < -0.4 is 0 Å². The predicted octanol–water partition coefficient (Wildman–Crippen LogP) is 18.3. The van der Waals surface area contributed by atoms with E-state index in [9.17, 15) is 0 Å². The van der Waals surface area contributed by atoms with Gasteiger partial charge in [-0.2, -0.15) is 0 Å².